The molecule has 0 fully saturated rings. The molecule has 0 aliphatic carbocycles. The molecule has 0 amide bonds. The van der Waals surface area contributed by atoms with Crippen LogP contribution in [0.1, 0.15) is 22.5 Å². The fourth-order valence-corrected chi connectivity index (χ4v) is 2.23. The molecule has 0 unspecified atom stereocenters. The average molecular weight is 266 g/mol. The molecule has 0 saturated heterocycles. The number of benzene rings is 2. The van der Waals surface area contributed by atoms with Crippen LogP contribution in [0.15, 0.2) is 42.5 Å². The number of aromatic amines is 1. The van der Waals surface area contributed by atoms with E-state index in [0.717, 1.165) is 16.9 Å². The van der Waals surface area contributed by atoms with Gasteiger partial charge in [-0.25, -0.2) is 4.98 Å². The van der Waals surface area contributed by atoms with Crippen LogP contribution in [-0.2, 0) is 18.0 Å². The van der Waals surface area contributed by atoms with Crippen LogP contribution in [0.4, 0.5) is 0 Å². The van der Waals surface area contributed by atoms with Crippen LogP contribution in [0.5, 0.6) is 0 Å². The number of aromatic nitrogens is 2. The Morgan fingerprint density at radius 3 is 2.55 bits per heavy atom. The van der Waals surface area contributed by atoms with Crippen molar-refractivity contribution in [3.8, 4) is 0 Å². The van der Waals surface area contributed by atoms with Crippen LogP contribution in [0.2, 0.25) is 0 Å². The third-order valence-electron chi connectivity index (χ3n) is 3.50. The first-order valence-electron chi connectivity index (χ1n) is 6.80. The van der Waals surface area contributed by atoms with E-state index in [1.54, 1.807) is 0 Å². The highest BCUT2D eigenvalue weighted by Crippen LogP contribution is 2.17. The SMILES string of the molecule is Cc1cc2nc(COCc3ccccc3)[nH]c2cc1C. The molecule has 1 aromatic heterocycles. The summed E-state index contributed by atoms with van der Waals surface area (Å²) in [5.74, 6) is 0.876. The summed E-state index contributed by atoms with van der Waals surface area (Å²) in [7, 11) is 0. The van der Waals surface area contributed by atoms with Crippen LogP contribution >= 0.6 is 0 Å². The van der Waals surface area contributed by atoms with Crippen molar-refractivity contribution in [2.45, 2.75) is 27.1 Å². The molecular formula is C17H18N2O. The largest absolute Gasteiger partial charge is 0.369 e. The van der Waals surface area contributed by atoms with Gasteiger partial charge in [-0.2, -0.15) is 0 Å². The maximum absolute atomic E-state index is 5.70. The fourth-order valence-electron chi connectivity index (χ4n) is 2.23. The minimum Gasteiger partial charge on any atom is -0.369 e. The van der Waals surface area contributed by atoms with E-state index in [1.165, 1.54) is 16.7 Å². The minimum absolute atomic E-state index is 0.502. The van der Waals surface area contributed by atoms with Gasteiger partial charge < -0.3 is 9.72 Å². The van der Waals surface area contributed by atoms with Crippen molar-refractivity contribution >= 4 is 11.0 Å². The van der Waals surface area contributed by atoms with Crippen molar-refractivity contribution in [3.05, 3.63) is 65.0 Å². The Balaban J connectivity index is 1.69. The summed E-state index contributed by atoms with van der Waals surface area (Å²) in [5.41, 5.74) is 5.80. The van der Waals surface area contributed by atoms with Gasteiger partial charge in [0.25, 0.3) is 0 Å². The summed E-state index contributed by atoms with van der Waals surface area (Å²) in [6, 6.07) is 14.4. The molecule has 0 aliphatic rings. The Hall–Kier alpha value is -2.13. The number of rotatable bonds is 4. The van der Waals surface area contributed by atoms with E-state index in [9.17, 15) is 0 Å². The highest BCUT2D eigenvalue weighted by Gasteiger charge is 2.05. The van der Waals surface area contributed by atoms with Gasteiger partial charge in [0.05, 0.1) is 17.6 Å². The number of hydrogen-bond donors (Lipinski definition) is 1. The molecule has 20 heavy (non-hydrogen) atoms. The van der Waals surface area contributed by atoms with E-state index in [0.29, 0.717) is 13.2 Å². The van der Waals surface area contributed by atoms with Crippen LogP contribution in [-0.4, -0.2) is 9.97 Å². The van der Waals surface area contributed by atoms with Crippen molar-refractivity contribution in [2.75, 3.05) is 0 Å². The van der Waals surface area contributed by atoms with Crippen molar-refractivity contribution in [3.63, 3.8) is 0 Å². The molecular weight excluding hydrogens is 248 g/mol. The van der Waals surface area contributed by atoms with Gasteiger partial charge >= 0.3 is 0 Å². The third kappa shape index (κ3) is 2.73. The number of H-pyrrole nitrogens is 1. The number of imidazole rings is 1. The summed E-state index contributed by atoms with van der Waals surface area (Å²) >= 11 is 0. The van der Waals surface area contributed by atoms with E-state index < -0.39 is 0 Å². The molecule has 3 heteroatoms. The second-order valence-corrected chi connectivity index (χ2v) is 5.12. The average Bonchev–Trinajstić information content (AvgIpc) is 2.82. The van der Waals surface area contributed by atoms with Gasteiger partial charge in [-0.15, -0.1) is 0 Å². The number of hydrogen-bond acceptors (Lipinski definition) is 2. The van der Waals surface area contributed by atoms with Crippen LogP contribution in [0.25, 0.3) is 11.0 Å². The summed E-state index contributed by atoms with van der Waals surface area (Å²) in [6.07, 6.45) is 0. The first-order valence-corrected chi connectivity index (χ1v) is 6.80. The molecule has 0 saturated carbocycles. The molecule has 102 valence electrons. The lowest BCUT2D eigenvalue weighted by Gasteiger charge is -2.01. The lowest BCUT2D eigenvalue weighted by Crippen LogP contribution is -1.95. The van der Waals surface area contributed by atoms with E-state index in [1.807, 2.05) is 18.2 Å². The van der Waals surface area contributed by atoms with Crippen molar-refractivity contribution in [1.82, 2.24) is 9.97 Å². The molecule has 0 radical (unpaired) electrons. The molecule has 0 atom stereocenters. The van der Waals surface area contributed by atoms with E-state index in [-0.39, 0.29) is 0 Å². The van der Waals surface area contributed by atoms with Gasteiger partial charge in [0.15, 0.2) is 0 Å². The molecule has 2 aromatic carbocycles. The van der Waals surface area contributed by atoms with Crippen molar-refractivity contribution in [1.29, 1.82) is 0 Å². The zero-order valence-electron chi connectivity index (χ0n) is 11.8. The maximum Gasteiger partial charge on any atom is 0.133 e. The predicted octanol–water partition coefficient (Wildman–Crippen LogP) is 3.90. The summed E-state index contributed by atoms with van der Waals surface area (Å²) in [6.45, 7) is 5.33. The molecule has 3 nitrogen and oxygen atoms in total. The highest BCUT2D eigenvalue weighted by molar-refractivity contribution is 5.77. The van der Waals surface area contributed by atoms with Gasteiger partial charge in [0, 0.05) is 0 Å². The van der Waals surface area contributed by atoms with Crippen LogP contribution in [0, 0.1) is 13.8 Å². The fraction of sp³-hybridized carbons (Fsp3) is 0.235. The summed E-state index contributed by atoms with van der Waals surface area (Å²) < 4.78 is 5.70. The number of aryl methyl sites for hydroxylation is 2. The second kappa shape index (κ2) is 5.47. The first-order chi connectivity index (χ1) is 9.72. The standard InChI is InChI=1S/C17H18N2O/c1-12-8-15-16(9-13(12)2)19-17(18-15)11-20-10-14-6-4-3-5-7-14/h3-9H,10-11H2,1-2H3,(H,18,19). The van der Waals surface area contributed by atoms with E-state index in [2.05, 4.69) is 48.1 Å². The topological polar surface area (TPSA) is 37.9 Å². The van der Waals surface area contributed by atoms with Gasteiger partial charge in [-0.3, -0.25) is 0 Å². The number of ether oxygens (including phenoxy) is 1. The lowest BCUT2D eigenvalue weighted by molar-refractivity contribution is 0.102. The van der Waals surface area contributed by atoms with E-state index in [4.69, 9.17) is 4.74 Å². The Morgan fingerprint density at radius 2 is 1.75 bits per heavy atom. The maximum atomic E-state index is 5.70. The first kappa shape index (κ1) is 12.9. The van der Waals surface area contributed by atoms with Gasteiger partial charge in [0.1, 0.15) is 12.4 Å². The zero-order chi connectivity index (χ0) is 13.9. The van der Waals surface area contributed by atoms with Gasteiger partial charge in [0.2, 0.25) is 0 Å². The Bertz CT molecular complexity index is 677. The number of nitrogens with zero attached hydrogens (tertiary/aromatic N) is 1. The summed E-state index contributed by atoms with van der Waals surface area (Å²) in [4.78, 5) is 7.88. The minimum atomic E-state index is 0.502. The van der Waals surface area contributed by atoms with Gasteiger partial charge in [-0.1, -0.05) is 30.3 Å². The van der Waals surface area contributed by atoms with Crippen LogP contribution < -0.4 is 0 Å². The molecule has 0 spiro atoms. The smallest absolute Gasteiger partial charge is 0.133 e. The zero-order valence-corrected chi connectivity index (χ0v) is 11.8. The summed E-state index contributed by atoms with van der Waals surface area (Å²) in [5, 5.41) is 0. The molecule has 3 aromatic rings. The molecule has 1 heterocycles. The number of fused-ring (bicyclic) bond motifs is 1. The Labute approximate surface area is 118 Å². The number of nitrogens with one attached hydrogen (secondary N) is 1. The second-order valence-electron chi connectivity index (χ2n) is 5.12. The highest BCUT2D eigenvalue weighted by atomic mass is 16.5. The van der Waals surface area contributed by atoms with Gasteiger partial charge in [-0.05, 0) is 42.7 Å². The van der Waals surface area contributed by atoms with Crippen LogP contribution in [0.3, 0.4) is 0 Å². The Kier molecular flexibility index (Phi) is 3.52. The molecule has 0 aliphatic heterocycles. The normalized spacial score (nSPS) is 11.1. The van der Waals surface area contributed by atoms with E-state index >= 15 is 0 Å². The third-order valence-corrected chi connectivity index (χ3v) is 3.50. The van der Waals surface area contributed by atoms with Crippen molar-refractivity contribution in [2.24, 2.45) is 0 Å². The quantitative estimate of drug-likeness (QED) is 0.777. The molecule has 3 rings (SSSR count). The molecule has 0 bridgehead atoms. The monoisotopic (exact) mass is 266 g/mol. The Morgan fingerprint density at radius 1 is 1.00 bits per heavy atom. The predicted molar refractivity (Wildman–Crippen MR) is 80.5 cm³/mol. The molecule has 1 N–H and O–H groups in total. The van der Waals surface area contributed by atoms with Crippen molar-refractivity contribution < 1.29 is 4.74 Å². The lowest BCUT2D eigenvalue weighted by atomic mass is 10.1.